The van der Waals surface area contributed by atoms with Crippen LogP contribution in [0.2, 0.25) is 0 Å². The Hall–Kier alpha value is -3.24. The van der Waals surface area contributed by atoms with Gasteiger partial charge in [-0.15, -0.1) is 0 Å². The Balaban J connectivity index is 1.86. The molecule has 168 valence electrons. The number of anilines is 1. The van der Waals surface area contributed by atoms with Gasteiger partial charge in [0.25, 0.3) is 0 Å². The van der Waals surface area contributed by atoms with Crippen LogP contribution in [0, 0.1) is 11.6 Å². The molecule has 4 rings (SSSR count). The summed E-state index contributed by atoms with van der Waals surface area (Å²) in [6.07, 6.45) is 2.28. The molecule has 0 saturated carbocycles. The van der Waals surface area contributed by atoms with E-state index in [2.05, 4.69) is 9.71 Å². The molecule has 0 aliphatic carbocycles. The van der Waals surface area contributed by atoms with Crippen molar-refractivity contribution in [3.05, 3.63) is 70.9 Å². The summed E-state index contributed by atoms with van der Waals surface area (Å²) in [4.78, 5) is 4.34. The van der Waals surface area contributed by atoms with Gasteiger partial charge >= 0.3 is 0 Å². The number of nitrogens with one attached hydrogen (secondary N) is 1. The molecule has 0 bridgehead atoms. The summed E-state index contributed by atoms with van der Waals surface area (Å²) < 4.78 is 60.0. The van der Waals surface area contributed by atoms with Crippen LogP contribution in [0.4, 0.5) is 14.5 Å². The van der Waals surface area contributed by atoms with E-state index in [-0.39, 0.29) is 17.3 Å². The van der Waals surface area contributed by atoms with Gasteiger partial charge in [0, 0.05) is 35.1 Å². The van der Waals surface area contributed by atoms with Crippen LogP contribution in [0.1, 0.15) is 25.8 Å². The van der Waals surface area contributed by atoms with Gasteiger partial charge in [0.05, 0.1) is 5.75 Å². The smallest absolute Gasteiger partial charge is 0.232 e. The van der Waals surface area contributed by atoms with E-state index in [0.717, 1.165) is 22.8 Å². The zero-order valence-electron chi connectivity index (χ0n) is 17.4. The van der Waals surface area contributed by atoms with Crippen molar-refractivity contribution in [3.63, 3.8) is 0 Å². The van der Waals surface area contributed by atoms with Gasteiger partial charge < -0.3 is 4.74 Å². The Bertz CT molecular complexity index is 1290. The number of hydrogen-bond donors (Lipinski definition) is 2. The van der Waals surface area contributed by atoms with Gasteiger partial charge in [-0.25, -0.2) is 22.3 Å². The van der Waals surface area contributed by atoms with Crippen LogP contribution in [0.3, 0.4) is 0 Å². The molecule has 0 saturated heterocycles. The van der Waals surface area contributed by atoms with E-state index >= 15 is 0 Å². The van der Waals surface area contributed by atoms with Crippen molar-refractivity contribution in [1.82, 2.24) is 5.06 Å². The Labute approximate surface area is 184 Å². The molecule has 7 nitrogen and oxygen atoms in total. The highest BCUT2D eigenvalue weighted by Gasteiger charge is 2.29. The van der Waals surface area contributed by atoms with Gasteiger partial charge in [-0.05, 0) is 62.2 Å². The van der Waals surface area contributed by atoms with Crippen molar-refractivity contribution in [2.45, 2.75) is 20.3 Å². The average molecular weight is 461 g/mol. The second-order valence-corrected chi connectivity index (χ2v) is 9.35. The number of rotatable bonds is 6. The molecule has 0 amide bonds. The third-order valence-electron chi connectivity index (χ3n) is 5.14. The number of nitrogens with zero attached hydrogens (tertiary/aromatic N) is 2. The lowest BCUT2D eigenvalue weighted by Gasteiger charge is -2.26. The highest BCUT2D eigenvalue weighted by atomic mass is 32.2. The molecule has 0 radical (unpaired) electrons. The largest absolute Gasteiger partial charge is 0.454 e. The van der Waals surface area contributed by atoms with E-state index in [1.807, 2.05) is 0 Å². The normalized spacial score (nSPS) is 16.0. The topological polar surface area (TPSA) is 91.2 Å². The summed E-state index contributed by atoms with van der Waals surface area (Å²) in [6, 6.07) is 7.58. The third kappa shape index (κ3) is 4.23. The second kappa shape index (κ2) is 8.36. The van der Waals surface area contributed by atoms with E-state index in [1.54, 1.807) is 19.1 Å². The zero-order chi connectivity index (χ0) is 23.0. The highest BCUT2D eigenvalue weighted by molar-refractivity contribution is 7.92. The van der Waals surface area contributed by atoms with Gasteiger partial charge in [0.1, 0.15) is 11.6 Å². The standard InChI is InChI=1S/C22H21F2N3O4S/c1-3-32(29,30)26-15-5-7-20(31-21-6-4-14(23)11-19(21)24)18(12-15)17-10-13(2)27(28)22-16(17)8-9-25-22/h4-7,10-12,26,28H,3,8-9H2,1-2H3. The first-order valence-corrected chi connectivity index (χ1v) is 11.6. The molecule has 2 aromatic carbocycles. The summed E-state index contributed by atoms with van der Waals surface area (Å²) >= 11 is 0. The summed E-state index contributed by atoms with van der Waals surface area (Å²) in [7, 11) is -3.54. The van der Waals surface area contributed by atoms with Crippen LogP contribution in [-0.4, -0.2) is 36.8 Å². The fraction of sp³-hybridized carbons (Fsp3) is 0.227. The minimum absolute atomic E-state index is 0.107. The summed E-state index contributed by atoms with van der Waals surface area (Å²) in [5.74, 6) is -1.25. The fourth-order valence-electron chi connectivity index (χ4n) is 3.52. The molecule has 0 unspecified atom stereocenters. The maximum Gasteiger partial charge on any atom is 0.232 e. The number of benzene rings is 2. The van der Waals surface area contributed by atoms with E-state index in [9.17, 15) is 22.4 Å². The number of halogens is 2. The SMILES string of the molecule is CCS(=O)(=O)Nc1ccc(Oc2ccc(F)cc2F)c(C2=C3CCN=C3N(O)C(C)=C2)c1. The number of hydroxylamine groups is 2. The van der Waals surface area contributed by atoms with Crippen molar-refractivity contribution in [2.24, 2.45) is 4.99 Å². The molecule has 32 heavy (non-hydrogen) atoms. The third-order valence-corrected chi connectivity index (χ3v) is 6.45. The summed E-state index contributed by atoms with van der Waals surface area (Å²) in [5.41, 5.74) is 2.69. The Morgan fingerprint density at radius 2 is 1.94 bits per heavy atom. The van der Waals surface area contributed by atoms with Crippen LogP contribution in [0.5, 0.6) is 11.5 Å². The number of hydrogen-bond acceptors (Lipinski definition) is 6. The lowest BCUT2D eigenvalue weighted by molar-refractivity contribution is 0.0228. The molecule has 0 fully saturated rings. The minimum Gasteiger partial charge on any atom is -0.454 e. The highest BCUT2D eigenvalue weighted by Crippen LogP contribution is 2.40. The number of fused-ring (bicyclic) bond motifs is 1. The average Bonchev–Trinajstić information content (AvgIpc) is 3.24. The van der Waals surface area contributed by atoms with Gasteiger partial charge in [0.2, 0.25) is 10.0 Å². The number of ether oxygens (including phenoxy) is 1. The fourth-order valence-corrected chi connectivity index (χ4v) is 4.15. The van der Waals surface area contributed by atoms with Gasteiger partial charge in [-0.3, -0.25) is 14.9 Å². The lowest BCUT2D eigenvalue weighted by atomic mass is 9.93. The molecular formula is C22H21F2N3O4S. The summed E-state index contributed by atoms with van der Waals surface area (Å²) in [6.45, 7) is 3.70. The van der Waals surface area contributed by atoms with E-state index in [0.29, 0.717) is 41.3 Å². The van der Waals surface area contributed by atoms with Crippen molar-refractivity contribution < 1.29 is 27.1 Å². The first kappa shape index (κ1) is 22.0. The van der Waals surface area contributed by atoms with Crippen molar-refractivity contribution >= 4 is 27.1 Å². The van der Waals surface area contributed by atoms with Crippen LogP contribution in [0.25, 0.3) is 5.57 Å². The lowest BCUT2D eigenvalue weighted by Crippen LogP contribution is -2.28. The minimum atomic E-state index is -3.54. The quantitative estimate of drug-likeness (QED) is 0.652. The molecular weight excluding hydrogens is 440 g/mol. The maximum atomic E-state index is 14.2. The van der Waals surface area contributed by atoms with Gasteiger partial charge in [-0.2, -0.15) is 0 Å². The number of aliphatic imine (C=N–C) groups is 1. The molecule has 2 N–H and O–H groups in total. The number of amidine groups is 1. The van der Waals surface area contributed by atoms with Crippen LogP contribution in [0.15, 0.2) is 58.7 Å². The van der Waals surface area contributed by atoms with Gasteiger partial charge in [0.15, 0.2) is 17.4 Å². The Morgan fingerprint density at radius 3 is 2.66 bits per heavy atom. The number of sulfonamides is 1. The van der Waals surface area contributed by atoms with Crippen molar-refractivity contribution in [3.8, 4) is 11.5 Å². The maximum absolute atomic E-state index is 14.2. The predicted octanol–water partition coefficient (Wildman–Crippen LogP) is 4.68. The predicted molar refractivity (Wildman–Crippen MR) is 117 cm³/mol. The monoisotopic (exact) mass is 461 g/mol. The molecule has 2 aliphatic rings. The van der Waals surface area contributed by atoms with Crippen LogP contribution < -0.4 is 9.46 Å². The zero-order valence-corrected chi connectivity index (χ0v) is 18.2. The molecule has 10 heteroatoms. The van der Waals surface area contributed by atoms with E-state index in [1.165, 1.54) is 25.1 Å². The summed E-state index contributed by atoms with van der Waals surface area (Å²) in [5, 5.41) is 11.3. The first-order chi connectivity index (χ1) is 15.2. The van der Waals surface area contributed by atoms with Crippen LogP contribution >= 0.6 is 0 Å². The molecule has 2 heterocycles. The van der Waals surface area contributed by atoms with Crippen molar-refractivity contribution in [2.75, 3.05) is 17.0 Å². The van der Waals surface area contributed by atoms with Crippen molar-refractivity contribution in [1.29, 1.82) is 0 Å². The Morgan fingerprint density at radius 1 is 1.19 bits per heavy atom. The number of allylic oxidation sites excluding steroid dienone is 3. The molecule has 0 spiro atoms. The molecule has 2 aromatic rings. The Kier molecular flexibility index (Phi) is 5.74. The molecule has 2 aliphatic heterocycles. The molecule has 0 aromatic heterocycles. The van der Waals surface area contributed by atoms with Crippen LogP contribution in [-0.2, 0) is 10.0 Å². The van der Waals surface area contributed by atoms with E-state index < -0.39 is 21.7 Å². The second-order valence-electron chi connectivity index (χ2n) is 7.34. The first-order valence-electron chi connectivity index (χ1n) is 9.91. The van der Waals surface area contributed by atoms with Gasteiger partial charge in [-0.1, -0.05) is 0 Å². The van der Waals surface area contributed by atoms with E-state index in [4.69, 9.17) is 4.74 Å². The molecule has 0 atom stereocenters.